The van der Waals surface area contributed by atoms with Crippen LogP contribution in [0.5, 0.6) is 11.5 Å². The van der Waals surface area contributed by atoms with E-state index >= 15 is 0 Å². The van der Waals surface area contributed by atoms with Gasteiger partial charge in [-0.15, -0.1) is 0 Å². The van der Waals surface area contributed by atoms with Gasteiger partial charge in [0.2, 0.25) is 5.95 Å². The van der Waals surface area contributed by atoms with Gasteiger partial charge in [0, 0.05) is 23.6 Å². The Balaban J connectivity index is 2.02. The summed E-state index contributed by atoms with van der Waals surface area (Å²) in [5.74, 6) is 5.47. The Bertz CT molecular complexity index is 1170. The predicted molar refractivity (Wildman–Crippen MR) is 120 cm³/mol. The zero-order chi connectivity index (χ0) is 23.9. The molecule has 4 rings (SSSR count). The quantitative estimate of drug-likeness (QED) is 0.296. The number of benzene rings is 1. The van der Waals surface area contributed by atoms with E-state index in [1.807, 2.05) is 13.8 Å². The lowest BCUT2D eigenvalue weighted by Crippen LogP contribution is -2.46. The summed E-state index contributed by atoms with van der Waals surface area (Å²) in [5, 5.41) is 6.70. The molecule has 0 saturated carbocycles. The number of nitrogens with one attached hydrogen (secondary N) is 2. The van der Waals surface area contributed by atoms with Gasteiger partial charge in [-0.25, -0.2) is 10.9 Å². The van der Waals surface area contributed by atoms with E-state index in [0.717, 1.165) is 0 Å². The van der Waals surface area contributed by atoms with Crippen molar-refractivity contribution in [3.8, 4) is 11.5 Å². The summed E-state index contributed by atoms with van der Waals surface area (Å²) in [6.45, 7) is 4.03. The number of ketones is 1. The zero-order valence-electron chi connectivity index (χ0n) is 18.9. The first-order chi connectivity index (χ1) is 15.7. The van der Waals surface area contributed by atoms with Crippen molar-refractivity contribution >= 4 is 17.6 Å². The number of amides is 1. The number of Topliss-reactive ketones (excluding diaryl/α,β-unsaturated/α-hetero) is 1. The number of methoxy groups -OCH3 is 2. The maximum atomic E-state index is 13.6. The summed E-state index contributed by atoms with van der Waals surface area (Å²) < 4.78 is 10.8. The van der Waals surface area contributed by atoms with Gasteiger partial charge in [0.25, 0.3) is 5.91 Å². The average Bonchev–Trinajstić information content (AvgIpc) is 3.30. The molecule has 2 heterocycles. The first-order valence-corrected chi connectivity index (χ1v) is 10.4. The molecule has 2 aliphatic rings. The normalized spacial score (nSPS) is 20.0. The number of nitrogens with two attached hydrogens (primary N) is 2. The molecular formula is C22H27N7O4. The third-order valence-electron chi connectivity index (χ3n) is 5.99. The Hall–Kier alpha value is -3.86. The molecule has 0 radical (unpaired) electrons. The van der Waals surface area contributed by atoms with Crippen molar-refractivity contribution in [3.63, 3.8) is 0 Å². The molecule has 174 valence electrons. The van der Waals surface area contributed by atoms with Gasteiger partial charge in [-0.05, 0) is 29.5 Å². The van der Waals surface area contributed by atoms with Gasteiger partial charge < -0.3 is 15.2 Å². The van der Waals surface area contributed by atoms with Crippen molar-refractivity contribution in [1.82, 2.24) is 20.6 Å². The molecule has 11 nitrogen and oxygen atoms in total. The van der Waals surface area contributed by atoms with Crippen LogP contribution in [-0.4, -0.2) is 41.1 Å². The number of allylic oxidation sites excluding steroid dienone is 2. The van der Waals surface area contributed by atoms with Crippen molar-refractivity contribution in [3.05, 3.63) is 52.8 Å². The van der Waals surface area contributed by atoms with Crippen LogP contribution in [0.4, 0.5) is 5.95 Å². The zero-order valence-corrected chi connectivity index (χ0v) is 18.9. The van der Waals surface area contributed by atoms with E-state index in [0.29, 0.717) is 47.1 Å². The summed E-state index contributed by atoms with van der Waals surface area (Å²) in [6, 6.07) is 5.25. The van der Waals surface area contributed by atoms with Crippen LogP contribution in [0, 0.1) is 5.41 Å². The molecule has 1 atom stereocenters. The van der Waals surface area contributed by atoms with Crippen molar-refractivity contribution in [2.45, 2.75) is 32.6 Å². The molecule has 1 aromatic carbocycles. The Morgan fingerprint density at radius 1 is 1.24 bits per heavy atom. The van der Waals surface area contributed by atoms with Gasteiger partial charge >= 0.3 is 0 Å². The van der Waals surface area contributed by atoms with Gasteiger partial charge in [-0.2, -0.15) is 10.1 Å². The second-order valence-electron chi connectivity index (χ2n) is 8.77. The van der Waals surface area contributed by atoms with Crippen LogP contribution in [0.3, 0.4) is 0 Å². The number of carbonyl (C=O) groups is 2. The number of aromatic amines is 1. The van der Waals surface area contributed by atoms with Crippen LogP contribution in [-0.2, 0) is 9.59 Å². The fourth-order valence-corrected chi connectivity index (χ4v) is 4.63. The summed E-state index contributed by atoms with van der Waals surface area (Å²) in [4.78, 5) is 32.4. The van der Waals surface area contributed by atoms with Crippen molar-refractivity contribution < 1.29 is 19.1 Å². The highest BCUT2D eigenvalue weighted by atomic mass is 16.5. The number of nitrogens with zero attached hydrogens (tertiary/aromatic N) is 3. The third kappa shape index (κ3) is 3.69. The SMILES string of the molecule is COc1ccc(C2C(C(=O)NN)=C(N)N(c3ncn[nH]3)C3=C2C(=O)CC(C)(C)C3)cc1OC. The highest BCUT2D eigenvalue weighted by Crippen LogP contribution is 2.50. The predicted octanol–water partition coefficient (Wildman–Crippen LogP) is 1.23. The molecular weight excluding hydrogens is 426 g/mol. The largest absolute Gasteiger partial charge is 0.493 e. The fourth-order valence-electron chi connectivity index (χ4n) is 4.63. The van der Waals surface area contributed by atoms with E-state index in [4.69, 9.17) is 21.1 Å². The van der Waals surface area contributed by atoms with Gasteiger partial charge in [0.1, 0.15) is 12.1 Å². The molecule has 33 heavy (non-hydrogen) atoms. The lowest BCUT2D eigenvalue weighted by molar-refractivity contribution is -0.118. The number of hydrazine groups is 1. The summed E-state index contributed by atoms with van der Waals surface area (Å²) >= 11 is 0. The van der Waals surface area contributed by atoms with Gasteiger partial charge in [-0.3, -0.25) is 19.9 Å². The fraction of sp³-hybridized carbons (Fsp3) is 0.364. The lowest BCUT2D eigenvalue weighted by atomic mass is 9.68. The number of anilines is 1. The number of H-pyrrole nitrogens is 1. The van der Waals surface area contributed by atoms with E-state index in [1.165, 1.54) is 20.5 Å². The third-order valence-corrected chi connectivity index (χ3v) is 5.99. The molecule has 1 aliphatic carbocycles. The lowest BCUT2D eigenvalue weighted by Gasteiger charge is -2.43. The summed E-state index contributed by atoms with van der Waals surface area (Å²) in [7, 11) is 3.05. The molecule has 0 spiro atoms. The smallest absolute Gasteiger partial charge is 0.265 e. The molecule has 1 aromatic heterocycles. The minimum absolute atomic E-state index is 0.0830. The standard InChI is InChI=1S/C22H27N7O4/c1-22(2)8-12-17(13(30)9-22)16(11-5-6-14(32-3)15(7-11)33-4)18(20(31)27-24)19(23)29(12)21-25-10-26-28-21/h5-7,10,16H,8-9,23-24H2,1-4H3,(H,27,31)(H,25,26,28). The van der Waals surface area contributed by atoms with Crippen LogP contribution >= 0.6 is 0 Å². The Morgan fingerprint density at radius 2 is 1.97 bits per heavy atom. The van der Waals surface area contributed by atoms with E-state index < -0.39 is 11.8 Å². The number of hydrogen-bond donors (Lipinski definition) is 4. The molecule has 1 unspecified atom stereocenters. The Labute approximate surface area is 190 Å². The molecule has 11 heteroatoms. The van der Waals surface area contributed by atoms with Gasteiger partial charge in [0.05, 0.1) is 19.8 Å². The van der Waals surface area contributed by atoms with E-state index in [9.17, 15) is 9.59 Å². The number of carbonyl (C=O) groups excluding carboxylic acids is 2. The highest BCUT2D eigenvalue weighted by molar-refractivity contribution is 6.06. The molecule has 2 aromatic rings. The van der Waals surface area contributed by atoms with E-state index in [2.05, 4.69) is 20.6 Å². The monoisotopic (exact) mass is 453 g/mol. The molecule has 1 amide bonds. The van der Waals surface area contributed by atoms with Crippen LogP contribution in [0.2, 0.25) is 0 Å². The van der Waals surface area contributed by atoms with Crippen LogP contribution in [0.15, 0.2) is 47.2 Å². The topological polar surface area (TPSA) is 161 Å². The number of aromatic nitrogens is 3. The molecule has 1 aliphatic heterocycles. The number of hydrogen-bond acceptors (Lipinski definition) is 9. The van der Waals surface area contributed by atoms with Crippen LogP contribution in [0.1, 0.15) is 38.2 Å². The number of rotatable bonds is 5. The highest BCUT2D eigenvalue weighted by Gasteiger charge is 2.46. The second-order valence-corrected chi connectivity index (χ2v) is 8.77. The van der Waals surface area contributed by atoms with Crippen molar-refractivity contribution in [2.24, 2.45) is 17.0 Å². The minimum atomic E-state index is -0.758. The van der Waals surface area contributed by atoms with Crippen molar-refractivity contribution in [1.29, 1.82) is 0 Å². The molecule has 0 saturated heterocycles. The molecule has 6 N–H and O–H groups in total. The van der Waals surface area contributed by atoms with Crippen molar-refractivity contribution in [2.75, 3.05) is 19.1 Å². The van der Waals surface area contributed by atoms with Gasteiger partial charge in [-0.1, -0.05) is 19.9 Å². The van der Waals surface area contributed by atoms with E-state index in [1.54, 1.807) is 23.1 Å². The Morgan fingerprint density at radius 3 is 2.58 bits per heavy atom. The maximum absolute atomic E-state index is 13.6. The molecule has 0 fully saturated rings. The first-order valence-electron chi connectivity index (χ1n) is 10.4. The van der Waals surface area contributed by atoms with Crippen LogP contribution in [0.25, 0.3) is 0 Å². The van der Waals surface area contributed by atoms with E-state index in [-0.39, 0.29) is 22.6 Å². The molecule has 0 bridgehead atoms. The maximum Gasteiger partial charge on any atom is 0.265 e. The summed E-state index contributed by atoms with van der Waals surface area (Å²) in [6.07, 6.45) is 2.19. The summed E-state index contributed by atoms with van der Waals surface area (Å²) in [5.41, 5.74) is 10.3. The second kappa shape index (κ2) is 8.24. The number of ether oxygens (including phenoxy) is 2. The average molecular weight is 454 g/mol. The minimum Gasteiger partial charge on any atom is -0.493 e. The van der Waals surface area contributed by atoms with Gasteiger partial charge in [0.15, 0.2) is 17.3 Å². The Kier molecular flexibility index (Phi) is 5.58. The first kappa shape index (κ1) is 22.3. The van der Waals surface area contributed by atoms with Crippen LogP contribution < -0.4 is 31.4 Å².